The van der Waals surface area contributed by atoms with E-state index in [4.69, 9.17) is 5.11 Å². The molecule has 2 N–H and O–H groups in total. The molecule has 0 aliphatic carbocycles. The largest absolute Gasteiger partial charge is 0.395 e. The molecule has 1 aromatic carbocycles. The van der Waals surface area contributed by atoms with E-state index in [1.807, 2.05) is 24.3 Å². The number of carbonyl (C=O) groups excluding carboxylic acids is 1. The van der Waals surface area contributed by atoms with Gasteiger partial charge >= 0.3 is 0 Å². The van der Waals surface area contributed by atoms with Gasteiger partial charge in [0.05, 0.1) is 24.4 Å². The Morgan fingerprint density at radius 1 is 1.36 bits per heavy atom. The zero-order chi connectivity index (χ0) is 15.5. The smallest absolute Gasteiger partial charge is 0.236 e. The molecule has 1 atom stereocenters. The van der Waals surface area contributed by atoms with E-state index < -0.39 is 0 Å². The third-order valence-corrected chi connectivity index (χ3v) is 3.83. The molecule has 1 aromatic heterocycles. The second-order valence-electron chi connectivity index (χ2n) is 5.26. The second-order valence-corrected chi connectivity index (χ2v) is 5.26. The Hall–Kier alpha value is -2.47. The Balaban J connectivity index is 1.91. The zero-order valence-corrected chi connectivity index (χ0v) is 12.4. The molecule has 0 spiro atoms. The maximum absolute atomic E-state index is 12.6. The van der Waals surface area contributed by atoms with E-state index in [1.54, 1.807) is 24.3 Å². The van der Waals surface area contributed by atoms with Gasteiger partial charge in [-0.05, 0) is 18.1 Å². The third-order valence-electron chi connectivity index (χ3n) is 3.83. The predicted molar refractivity (Wildman–Crippen MR) is 83.9 cm³/mol. The molecule has 1 amide bonds. The van der Waals surface area contributed by atoms with Crippen molar-refractivity contribution in [2.24, 2.45) is 0 Å². The normalized spacial score (nSPS) is 17.3. The highest BCUT2D eigenvalue weighted by molar-refractivity contribution is 6.00. The van der Waals surface area contributed by atoms with Gasteiger partial charge in [-0.25, -0.2) is 4.98 Å². The number of para-hydroxylation sites is 1. The predicted octanol–water partition coefficient (Wildman–Crippen LogP) is 1.18. The molecule has 2 aromatic rings. The number of nitrogens with one attached hydrogen (secondary N) is 1. The quantitative estimate of drug-likeness (QED) is 0.886. The molecule has 1 unspecified atom stereocenters. The highest BCUT2D eigenvalue weighted by Crippen LogP contribution is 2.33. The van der Waals surface area contributed by atoms with Crippen LogP contribution in [-0.4, -0.2) is 41.2 Å². The number of amides is 1. The van der Waals surface area contributed by atoms with E-state index in [2.05, 4.69) is 15.3 Å². The summed E-state index contributed by atoms with van der Waals surface area (Å²) in [5.74, 6) is 0.261. The van der Waals surface area contributed by atoms with Crippen molar-refractivity contribution in [2.75, 3.05) is 30.4 Å². The average molecular weight is 298 g/mol. The first-order chi connectivity index (χ1) is 10.7. The third kappa shape index (κ3) is 2.65. The molecule has 0 bridgehead atoms. The Kier molecular flexibility index (Phi) is 4.02. The highest BCUT2D eigenvalue weighted by Gasteiger charge is 2.32. The Labute approximate surface area is 128 Å². The highest BCUT2D eigenvalue weighted by atomic mass is 16.3. The van der Waals surface area contributed by atoms with Crippen LogP contribution in [-0.2, 0) is 11.2 Å². The van der Waals surface area contributed by atoms with Crippen LogP contribution in [0, 0.1) is 0 Å². The van der Waals surface area contributed by atoms with Crippen LogP contribution in [0.15, 0.2) is 36.7 Å². The molecule has 3 rings (SSSR count). The van der Waals surface area contributed by atoms with Crippen LogP contribution in [0.1, 0.15) is 17.2 Å². The first-order valence-corrected chi connectivity index (χ1v) is 7.23. The van der Waals surface area contributed by atoms with Gasteiger partial charge in [-0.1, -0.05) is 18.2 Å². The summed E-state index contributed by atoms with van der Waals surface area (Å²) in [5.41, 5.74) is 2.73. The molecule has 6 heteroatoms. The van der Waals surface area contributed by atoms with Gasteiger partial charge in [-0.2, -0.15) is 0 Å². The Morgan fingerprint density at radius 2 is 2.18 bits per heavy atom. The topological polar surface area (TPSA) is 78.4 Å². The minimum Gasteiger partial charge on any atom is -0.395 e. The molecule has 114 valence electrons. The molecular weight excluding hydrogens is 280 g/mol. The zero-order valence-electron chi connectivity index (χ0n) is 12.4. The van der Waals surface area contributed by atoms with Crippen LogP contribution in [0.2, 0.25) is 0 Å². The number of rotatable bonds is 4. The summed E-state index contributed by atoms with van der Waals surface area (Å²) in [5, 5.41) is 11.8. The molecule has 2 heterocycles. The molecule has 1 aliphatic heterocycles. The van der Waals surface area contributed by atoms with Crippen LogP contribution < -0.4 is 10.2 Å². The van der Waals surface area contributed by atoms with Crippen molar-refractivity contribution in [1.29, 1.82) is 0 Å². The Bertz CT molecular complexity index is 689. The fourth-order valence-electron chi connectivity index (χ4n) is 2.72. The van der Waals surface area contributed by atoms with Crippen LogP contribution in [0.5, 0.6) is 0 Å². The molecule has 1 aliphatic rings. The fourth-order valence-corrected chi connectivity index (χ4v) is 2.72. The molecular formula is C16H18N4O2. The molecule has 6 nitrogen and oxygen atoms in total. The van der Waals surface area contributed by atoms with Crippen LogP contribution in [0.3, 0.4) is 0 Å². The van der Waals surface area contributed by atoms with Crippen LogP contribution >= 0.6 is 0 Å². The summed E-state index contributed by atoms with van der Waals surface area (Å²) in [6.07, 6.45) is 3.84. The van der Waals surface area contributed by atoms with Crippen LogP contribution in [0.4, 0.5) is 11.5 Å². The lowest BCUT2D eigenvalue weighted by atomic mass is 9.90. The minimum atomic E-state index is -0.330. The van der Waals surface area contributed by atoms with Gasteiger partial charge in [-0.15, -0.1) is 0 Å². The maximum atomic E-state index is 12.6. The standard InChI is InChI=1S/C16H18N4O2/c1-20-14-5-3-2-4-11(14)8-12(16(20)22)13-9-17-10-15(19-13)18-6-7-21/h2-5,9-10,12,21H,6-8H2,1H3,(H,18,19). The van der Waals surface area contributed by atoms with Gasteiger partial charge < -0.3 is 15.3 Å². The van der Waals surface area contributed by atoms with Crippen molar-refractivity contribution in [1.82, 2.24) is 9.97 Å². The summed E-state index contributed by atoms with van der Waals surface area (Å²) in [4.78, 5) is 22.9. The van der Waals surface area contributed by atoms with E-state index in [0.29, 0.717) is 24.5 Å². The molecule has 22 heavy (non-hydrogen) atoms. The van der Waals surface area contributed by atoms with Crippen molar-refractivity contribution in [3.63, 3.8) is 0 Å². The van der Waals surface area contributed by atoms with Gasteiger partial charge in [-0.3, -0.25) is 9.78 Å². The number of anilines is 2. The van der Waals surface area contributed by atoms with Crippen molar-refractivity contribution in [3.05, 3.63) is 47.9 Å². The monoisotopic (exact) mass is 298 g/mol. The summed E-state index contributed by atoms with van der Waals surface area (Å²) in [6, 6.07) is 7.90. The number of likely N-dealkylation sites (N-methyl/N-ethyl adjacent to an activating group) is 1. The number of aromatic nitrogens is 2. The number of hydrogen-bond acceptors (Lipinski definition) is 5. The van der Waals surface area contributed by atoms with E-state index in [9.17, 15) is 4.79 Å². The number of aliphatic hydroxyl groups excluding tert-OH is 1. The molecule has 0 fully saturated rings. The summed E-state index contributed by atoms with van der Waals surface area (Å²) >= 11 is 0. The van der Waals surface area contributed by atoms with E-state index in [0.717, 1.165) is 11.3 Å². The lowest BCUT2D eigenvalue weighted by Crippen LogP contribution is -2.37. The van der Waals surface area contributed by atoms with Gasteiger partial charge in [0.1, 0.15) is 5.82 Å². The molecule has 0 radical (unpaired) electrons. The number of nitrogens with zero attached hydrogens (tertiary/aromatic N) is 3. The van der Waals surface area contributed by atoms with E-state index in [-0.39, 0.29) is 18.4 Å². The van der Waals surface area contributed by atoms with E-state index >= 15 is 0 Å². The number of benzene rings is 1. The number of carbonyl (C=O) groups is 1. The first-order valence-electron chi connectivity index (χ1n) is 7.23. The first kappa shape index (κ1) is 14.5. The summed E-state index contributed by atoms with van der Waals surface area (Å²) in [7, 11) is 1.79. The average Bonchev–Trinajstić information content (AvgIpc) is 2.56. The lowest BCUT2D eigenvalue weighted by molar-refractivity contribution is -0.120. The SMILES string of the molecule is CN1C(=O)C(c2cncc(NCCO)n2)Cc2ccccc21. The number of hydrogen-bond donors (Lipinski definition) is 2. The van der Waals surface area contributed by atoms with Crippen molar-refractivity contribution < 1.29 is 9.90 Å². The van der Waals surface area contributed by atoms with Gasteiger partial charge in [0, 0.05) is 25.5 Å². The van der Waals surface area contributed by atoms with E-state index in [1.165, 1.54) is 0 Å². The Morgan fingerprint density at radius 3 is 3.00 bits per heavy atom. The van der Waals surface area contributed by atoms with Crippen molar-refractivity contribution in [2.45, 2.75) is 12.3 Å². The molecule has 0 saturated heterocycles. The van der Waals surface area contributed by atoms with Gasteiger partial charge in [0.2, 0.25) is 5.91 Å². The van der Waals surface area contributed by atoms with Crippen molar-refractivity contribution >= 4 is 17.4 Å². The van der Waals surface area contributed by atoms with Crippen LogP contribution in [0.25, 0.3) is 0 Å². The molecule has 0 saturated carbocycles. The second kappa shape index (κ2) is 6.11. The number of fused-ring (bicyclic) bond motifs is 1. The fraction of sp³-hybridized carbons (Fsp3) is 0.312. The summed E-state index contributed by atoms with van der Waals surface area (Å²) in [6.45, 7) is 0.420. The van der Waals surface area contributed by atoms with Crippen molar-refractivity contribution in [3.8, 4) is 0 Å². The summed E-state index contributed by atoms with van der Waals surface area (Å²) < 4.78 is 0. The van der Waals surface area contributed by atoms with Gasteiger partial charge in [0.15, 0.2) is 0 Å². The van der Waals surface area contributed by atoms with Gasteiger partial charge in [0.25, 0.3) is 0 Å². The maximum Gasteiger partial charge on any atom is 0.236 e. The minimum absolute atomic E-state index is 0.0182. The lowest BCUT2D eigenvalue weighted by Gasteiger charge is -2.31. The number of aliphatic hydroxyl groups is 1.